The zero-order chi connectivity index (χ0) is 18.6. The van der Waals surface area contributed by atoms with Crippen LogP contribution in [-0.2, 0) is 0 Å². The fourth-order valence-corrected chi connectivity index (χ4v) is 3.20. The molecule has 4 rings (SSSR count). The largest absolute Gasteiger partial charge is 0.437 e. The Labute approximate surface area is 161 Å². The predicted molar refractivity (Wildman–Crippen MR) is 102 cm³/mol. The third-order valence-electron chi connectivity index (χ3n) is 4.39. The number of aromatic nitrogens is 3. The Morgan fingerprint density at radius 2 is 2.11 bits per heavy atom. The molecule has 3 aromatic rings. The Kier molecular flexibility index (Phi) is 4.93. The van der Waals surface area contributed by atoms with Crippen molar-refractivity contribution in [2.45, 2.75) is 12.5 Å². The van der Waals surface area contributed by atoms with Gasteiger partial charge in [0.1, 0.15) is 5.75 Å². The smallest absolute Gasteiger partial charge is 0.321 e. The summed E-state index contributed by atoms with van der Waals surface area (Å²) in [6, 6.07) is 12.5. The van der Waals surface area contributed by atoms with Crippen LogP contribution >= 0.6 is 11.6 Å². The molecule has 1 unspecified atom stereocenters. The highest BCUT2D eigenvalue weighted by molar-refractivity contribution is 6.32. The molecule has 3 heterocycles. The van der Waals surface area contributed by atoms with E-state index in [0.29, 0.717) is 35.4 Å². The van der Waals surface area contributed by atoms with Crippen molar-refractivity contribution in [1.29, 1.82) is 0 Å². The summed E-state index contributed by atoms with van der Waals surface area (Å²) in [4.78, 5) is 18.5. The van der Waals surface area contributed by atoms with Gasteiger partial charge in [-0.3, -0.25) is 4.68 Å². The van der Waals surface area contributed by atoms with Gasteiger partial charge in [0.15, 0.2) is 0 Å². The normalized spacial score (nSPS) is 16.3. The number of carbonyl (C=O) groups is 1. The number of benzene rings is 1. The zero-order valence-corrected chi connectivity index (χ0v) is 15.2. The molecule has 27 heavy (non-hydrogen) atoms. The lowest BCUT2D eigenvalue weighted by atomic mass is 10.3. The first-order valence-corrected chi connectivity index (χ1v) is 9.00. The average molecular weight is 384 g/mol. The predicted octanol–water partition coefficient (Wildman–Crippen LogP) is 4.20. The third kappa shape index (κ3) is 4.03. The van der Waals surface area contributed by atoms with Gasteiger partial charge in [0, 0.05) is 43.4 Å². The van der Waals surface area contributed by atoms with Crippen molar-refractivity contribution in [3.05, 3.63) is 66.1 Å². The molecule has 2 aromatic heterocycles. The Bertz CT molecular complexity index is 931. The van der Waals surface area contributed by atoms with Crippen LogP contribution < -0.4 is 10.1 Å². The number of pyridine rings is 1. The lowest BCUT2D eigenvalue weighted by Gasteiger charge is -2.17. The maximum Gasteiger partial charge on any atom is 0.321 e. The van der Waals surface area contributed by atoms with Crippen LogP contribution in [0.4, 0.5) is 10.5 Å². The summed E-state index contributed by atoms with van der Waals surface area (Å²) in [6.07, 6.45) is 6.14. The molecule has 1 N–H and O–H groups in total. The minimum atomic E-state index is -0.153. The fourth-order valence-electron chi connectivity index (χ4n) is 3.02. The van der Waals surface area contributed by atoms with E-state index in [-0.39, 0.29) is 12.1 Å². The van der Waals surface area contributed by atoms with Gasteiger partial charge in [-0.1, -0.05) is 23.7 Å². The quantitative estimate of drug-likeness (QED) is 0.732. The second-order valence-electron chi connectivity index (χ2n) is 6.22. The summed E-state index contributed by atoms with van der Waals surface area (Å²) in [5, 5.41) is 7.65. The number of ether oxygens (including phenoxy) is 1. The van der Waals surface area contributed by atoms with E-state index < -0.39 is 0 Å². The van der Waals surface area contributed by atoms with Gasteiger partial charge in [0.2, 0.25) is 5.88 Å². The first-order valence-electron chi connectivity index (χ1n) is 8.62. The molecule has 2 amide bonds. The topological polar surface area (TPSA) is 72.3 Å². The van der Waals surface area contributed by atoms with E-state index in [1.54, 1.807) is 41.6 Å². The SMILES string of the molecule is O=C(Nc1ccnc(Oc2ccccc2Cl)c1)N1CCC(n2cccn2)C1. The van der Waals surface area contributed by atoms with Crippen molar-refractivity contribution in [2.24, 2.45) is 0 Å². The second kappa shape index (κ2) is 7.67. The van der Waals surface area contributed by atoms with Gasteiger partial charge in [-0.2, -0.15) is 5.10 Å². The van der Waals surface area contributed by atoms with E-state index in [1.807, 2.05) is 29.1 Å². The summed E-state index contributed by atoms with van der Waals surface area (Å²) in [5.74, 6) is 0.869. The molecule has 1 fully saturated rings. The number of nitrogens with zero attached hydrogens (tertiary/aromatic N) is 4. The Hall–Kier alpha value is -3.06. The van der Waals surface area contributed by atoms with Gasteiger partial charge in [-0.15, -0.1) is 0 Å². The molecule has 0 saturated carbocycles. The molecular weight excluding hydrogens is 366 g/mol. The number of halogens is 1. The monoisotopic (exact) mass is 383 g/mol. The van der Waals surface area contributed by atoms with Crippen LogP contribution in [0.25, 0.3) is 0 Å². The molecule has 7 nitrogen and oxygen atoms in total. The standard InChI is InChI=1S/C19H18ClN5O2/c20-16-4-1-2-5-17(16)27-18-12-14(6-9-21-18)23-19(26)24-11-7-15(13-24)25-10-3-8-22-25/h1-6,8-10,12,15H,7,11,13H2,(H,21,23,26). The van der Waals surface area contributed by atoms with Crippen LogP contribution in [0.15, 0.2) is 61.1 Å². The molecular formula is C19H18ClN5O2. The van der Waals surface area contributed by atoms with E-state index in [0.717, 1.165) is 6.42 Å². The molecule has 1 saturated heterocycles. The summed E-state index contributed by atoms with van der Waals surface area (Å²) >= 11 is 6.10. The maximum atomic E-state index is 12.6. The van der Waals surface area contributed by atoms with Crippen LogP contribution in [0.5, 0.6) is 11.6 Å². The molecule has 0 bridgehead atoms. The van der Waals surface area contributed by atoms with Gasteiger partial charge < -0.3 is 15.0 Å². The van der Waals surface area contributed by atoms with E-state index in [2.05, 4.69) is 15.4 Å². The van der Waals surface area contributed by atoms with Gasteiger partial charge in [-0.05, 0) is 30.7 Å². The van der Waals surface area contributed by atoms with Gasteiger partial charge in [0.25, 0.3) is 0 Å². The Morgan fingerprint density at radius 1 is 1.22 bits per heavy atom. The number of hydrogen-bond donors (Lipinski definition) is 1. The Morgan fingerprint density at radius 3 is 2.93 bits per heavy atom. The number of urea groups is 1. The summed E-state index contributed by atoms with van der Waals surface area (Å²) in [5.41, 5.74) is 0.611. The van der Waals surface area contributed by atoms with Crippen LogP contribution in [-0.4, -0.2) is 38.8 Å². The molecule has 0 spiro atoms. The van der Waals surface area contributed by atoms with Crippen molar-refractivity contribution in [1.82, 2.24) is 19.7 Å². The molecule has 0 radical (unpaired) electrons. The lowest BCUT2D eigenvalue weighted by Crippen LogP contribution is -2.33. The number of carbonyl (C=O) groups excluding carboxylic acids is 1. The van der Waals surface area contributed by atoms with Gasteiger partial charge in [-0.25, -0.2) is 9.78 Å². The van der Waals surface area contributed by atoms with Gasteiger partial charge >= 0.3 is 6.03 Å². The zero-order valence-electron chi connectivity index (χ0n) is 14.5. The number of anilines is 1. The van der Waals surface area contributed by atoms with Gasteiger partial charge in [0.05, 0.1) is 11.1 Å². The van der Waals surface area contributed by atoms with Crippen LogP contribution in [0.2, 0.25) is 5.02 Å². The third-order valence-corrected chi connectivity index (χ3v) is 4.70. The molecule has 138 valence electrons. The lowest BCUT2D eigenvalue weighted by molar-refractivity contribution is 0.220. The molecule has 0 aliphatic carbocycles. The summed E-state index contributed by atoms with van der Waals surface area (Å²) in [7, 11) is 0. The molecule has 1 atom stereocenters. The van der Waals surface area contributed by atoms with Crippen molar-refractivity contribution in [2.75, 3.05) is 18.4 Å². The number of rotatable bonds is 4. The maximum absolute atomic E-state index is 12.6. The molecule has 8 heteroatoms. The summed E-state index contributed by atoms with van der Waals surface area (Å²) in [6.45, 7) is 1.31. The number of hydrogen-bond acceptors (Lipinski definition) is 4. The average Bonchev–Trinajstić information content (AvgIpc) is 3.35. The highest BCUT2D eigenvalue weighted by Crippen LogP contribution is 2.29. The highest BCUT2D eigenvalue weighted by atomic mass is 35.5. The fraction of sp³-hybridized carbons (Fsp3) is 0.211. The van der Waals surface area contributed by atoms with E-state index in [4.69, 9.17) is 16.3 Å². The Balaban J connectivity index is 1.39. The van der Waals surface area contributed by atoms with Crippen molar-refractivity contribution < 1.29 is 9.53 Å². The molecule has 1 aromatic carbocycles. The van der Waals surface area contributed by atoms with Crippen molar-refractivity contribution in [3.8, 4) is 11.6 Å². The number of nitrogens with one attached hydrogen (secondary N) is 1. The number of likely N-dealkylation sites (tertiary alicyclic amines) is 1. The second-order valence-corrected chi connectivity index (χ2v) is 6.63. The number of para-hydroxylation sites is 1. The van der Waals surface area contributed by atoms with Crippen LogP contribution in [0, 0.1) is 0 Å². The van der Waals surface area contributed by atoms with E-state index >= 15 is 0 Å². The van der Waals surface area contributed by atoms with Crippen molar-refractivity contribution >= 4 is 23.3 Å². The first-order chi connectivity index (χ1) is 13.2. The van der Waals surface area contributed by atoms with E-state index in [9.17, 15) is 4.79 Å². The van der Waals surface area contributed by atoms with E-state index in [1.165, 1.54) is 0 Å². The molecule has 1 aliphatic rings. The van der Waals surface area contributed by atoms with Crippen LogP contribution in [0.3, 0.4) is 0 Å². The van der Waals surface area contributed by atoms with Crippen LogP contribution in [0.1, 0.15) is 12.5 Å². The molecule has 1 aliphatic heterocycles. The van der Waals surface area contributed by atoms with Crippen molar-refractivity contribution in [3.63, 3.8) is 0 Å². The number of amides is 2. The summed E-state index contributed by atoms with van der Waals surface area (Å²) < 4.78 is 7.60. The minimum absolute atomic E-state index is 0.153. The highest BCUT2D eigenvalue weighted by Gasteiger charge is 2.27. The minimum Gasteiger partial charge on any atom is -0.437 e. The first kappa shape index (κ1) is 17.4.